The molecule has 94 valence electrons. The van der Waals surface area contributed by atoms with Crippen LogP contribution in [0.25, 0.3) is 0 Å². The Bertz CT molecular complexity index is 579. The van der Waals surface area contributed by atoms with Crippen molar-refractivity contribution in [3.8, 4) is 0 Å². The second-order valence-electron chi connectivity index (χ2n) is 4.39. The molecule has 0 aliphatic rings. The van der Waals surface area contributed by atoms with Crippen LogP contribution in [0.15, 0.2) is 36.4 Å². The predicted molar refractivity (Wildman–Crippen MR) is 76.4 cm³/mol. The Kier molecular flexibility index (Phi) is 3.96. The second-order valence-corrected chi connectivity index (χ2v) is 5.17. The van der Waals surface area contributed by atoms with Gasteiger partial charge in [-0.15, -0.1) is 0 Å². The Morgan fingerprint density at radius 3 is 2.39 bits per heavy atom. The molecule has 0 saturated carbocycles. The lowest BCUT2D eigenvalue weighted by Crippen LogP contribution is -2.01. The molecule has 0 amide bonds. The first-order chi connectivity index (χ1) is 8.50. The maximum Gasteiger partial charge on any atom is 0.106 e. The molecule has 0 saturated heterocycles. The minimum Gasteiger partial charge on any atom is -0.384 e. The van der Waals surface area contributed by atoms with Crippen molar-refractivity contribution in [1.82, 2.24) is 0 Å². The predicted octanol–water partition coefficient (Wildman–Crippen LogP) is 4.69. The normalized spacial score (nSPS) is 12.5. The number of rotatable bonds is 2. The molecule has 0 heterocycles. The van der Waals surface area contributed by atoms with Gasteiger partial charge in [-0.05, 0) is 36.6 Å². The topological polar surface area (TPSA) is 20.2 Å². The zero-order valence-electron chi connectivity index (χ0n) is 10.2. The molecule has 0 radical (unpaired) electrons. The van der Waals surface area contributed by atoms with Gasteiger partial charge in [0.05, 0.1) is 0 Å². The van der Waals surface area contributed by atoms with Crippen LogP contribution in [0.3, 0.4) is 0 Å². The van der Waals surface area contributed by atoms with Crippen LogP contribution in [-0.4, -0.2) is 5.11 Å². The molecule has 1 nitrogen and oxygen atoms in total. The number of hydrogen-bond donors (Lipinski definition) is 1. The molecule has 0 aromatic heterocycles. The summed E-state index contributed by atoms with van der Waals surface area (Å²) < 4.78 is 0. The van der Waals surface area contributed by atoms with E-state index < -0.39 is 6.10 Å². The number of aryl methyl sites for hydroxylation is 2. The molecule has 0 bridgehead atoms. The molecule has 1 unspecified atom stereocenters. The van der Waals surface area contributed by atoms with Crippen molar-refractivity contribution in [2.24, 2.45) is 0 Å². The van der Waals surface area contributed by atoms with Crippen LogP contribution < -0.4 is 0 Å². The van der Waals surface area contributed by atoms with Gasteiger partial charge in [-0.1, -0.05) is 53.5 Å². The number of aliphatic hydroxyl groups is 1. The van der Waals surface area contributed by atoms with Crippen LogP contribution in [0.2, 0.25) is 10.0 Å². The van der Waals surface area contributed by atoms with Crippen LogP contribution >= 0.6 is 23.2 Å². The van der Waals surface area contributed by atoms with Crippen molar-refractivity contribution in [2.45, 2.75) is 20.0 Å². The van der Waals surface area contributed by atoms with Gasteiger partial charge in [-0.2, -0.15) is 0 Å². The number of aliphatic hydroxyl groups excluding tert-OH is 1. The largest absolute Gasteiger partial charge is 0.384 e. The summed E-state index contributed by atoms with van der Waals surface area (Å²) in [7, 11) is 0. The highest BCUT2D eigenvalue weighted by Crippen LogP contribution is 2.31. The fourth-order valence-electron chi connectivity index (χ4n) is 1.84. The van der Waals surface area contributed by atoms with Gasteiger partial charge < -0.3 is 5.11 Å². The molecular formula is C15H14Cl2O. The van der Waals surface area contributed by atoms with E-state index in [-0.39, 0.29) is 0 Å². The maximum atomic E-state index is 10.4. The molecule has 0 aliphatic carbocycles. The summed E-state index contributed by atoms with van der Waals surface area (Å²) in [4.78, 5) is 0. The summed E-state index contributed by atoms with van der Waals surface area (Å²) >= 11 is 12.3. The highest BCUT2D eigenvalue weighted by Gasteiger charge is 2.15. The lowest BCUT2D eigenvalue weighted by atomic mass is 9.99. The summed E-state index contributed by atoms with van der Waals surface area (Å²) in [5, 5.41) is 11.6. The Morgan fingerprint density at radius 1 is 1.00 bits per heavy atom. The van der Waals surface area contributed by atoms with Gasteiger partial charge in [-0.25, -0.2) is 0 Å². The quantitative estimate of drug-likeness (QED) is 0.846. The van der Waals surface area contributed by atoms with Gasteiger partial charge in [0.15, 0.2) is 0 Å². The molecule has 0 fully saturated rings. The fraction of sp³-hybridized carbons (Fsp3) is 0.200. The SMILES string of the molecule is Cc1ccc(C(O)c2cccc(C)c2Cl)cc1Cl. The molecule has 2 aromatic carbocycles. The van der Waals surface area contributed by atoms with E-state index in [4.69, 9.17) is 23.2 Å². The number of benzene rings is 2. The summed E-state index contributed by atoms with van der Waals surface area (Å²) in [6.07, 6.45) is -0.754. The summed E-state index contributed by atoms with van der Waals surface area (Å²) in [5.74, 6) is 0. The standard InChI is InChI=1S/C15H14Cl2O/c1-9-6-7-11(8-13(9)16)15(18)12-5-3-4-10(2)14(12)17/h3-8,15,18H,1-2H3. The van der Waals surface area contributed by atoms with Gasteiger partial charge in [0, 0.05) is 15.6 Å². The Labute approximate surface area is 117 Å². The molecule has 2 rings (SSSR count). The van der Waals surface area contributed by atoms with Crippen LogP contribution in [0.1, 0.15) is 28.4 Å². The molecule has 1 N–H and O–H groups in total. The lowest BCUT2D eigenvalue weighted by molar-refractivity contribution is 0.220. The zero-order chi connectivity index (χ0) is 13.3. The summed E-state index contributed by atoms with van der Waals surface area (Å²) in [6, 6.07) is 11.2. The van der Waals surface area contributed by atoms with Crippen LogP contribution in [0, 0.1) is 13.8 Å². The van der Waals surface area contributed by atoms with Gasteiger partial charge in [0.2, 0.25) is 0 Å². The van der Waals surface area contributed by atoms with Crippen molar-refractivity contribution in [1.29, 1.82) is 0 Å². The van der Waals surface area contributed by atoms with Crippen molar-refractivity contribution < 1.29 is 5.11 Å². The minimum atomic E-state index is -0.754. The number of halogens is 2. The van der Waals surface area contributed by atoms with E-state index in [2.05, 4.69) is 0 Å². The Morgan fingerprint density at radius 2 is 1.72 bits per heavy atom. The van der Waals surface area contributed by atoms with E-state index in [9.17, 15) is 5.11 Å². The van der Waals surface area contributed by atoms with E-state index in [0.717, 1.165) is 16.7 Å². The summed E-state index contributed by atoms with van der Waals surface area (Å²) in [5.41, 5.74) is 3.39. The van der Waals surface area contributed by atoms with E-state index >= 15 is 0 Å². The third kappa shape index (κ3) is 2.54. The Hall–Kier alpha value is -1.02. The minimum absolute atomic E-state index is 0.599. The highest BCUT2D eigenvalue weighted by atomic mass is 35.5. The van der Waals surface area contributed by atoms with Crippen LogP contribution in [0.5, 0.6) is 0 Å². The van der Waals surface area contributed by atoms with E-state index in [0.29, 0.717) is 15.6 Å². The first kappa shape index (κ1) is 13.4. The monoisotopic (exact) mass is 280 g/mol. The van der Waals surface area contributed by atoms with Crippen LogP contribution in [-0.2, 0) is 0 Å². The molecule has 1 atom stereocenters. The first-order valence-corrected chi connectivity index (χ1v) is 6.45. The average Bonchev–Trinajstić information content (AvgIpc) is 2.35. The number of hydrogen-bond acceptors (Lipinski definition) is 1. The Balaban J connectivity index is 2.44. The average molecular weight is 281 g/mol. The van der Waals surface area contributed by atoms with Gasteiger partial charge >= 0.3 is 0 Å². The van der Waals surface area contributed by atoms with E-state index in [1.54, 1.807) is 6.07 Å². The van der Waals surface area contributed by atoms with Crippen molar-refractivity contribution >= 4 is 23.2 Å². The lowest BCUT2D eigenvalue weighted by Gasteiger charge is -2.15. The van der Waals surface area contributed by atoms with Crippen molar-refractivity contribution in [3.63, 3.8) is 0 Å². The molecule has 2 aromatic rings. The smallest absolute Gasteiger partial charge is 0.106 e. The molecule has 0 aliphatic heterocycles. The van der Waals surface area contributed by atoms with Gasteiger partial charge in [0.1, 0.15) is 6.10 Å². The summed E-state index contributed by atoms with van der Waals surface area (Å²) in [6.45, 7) is 3.85. The van der Waals surface area contributed by atoms with Crippen molar-refractivity contribution in [3.05, 3.63) is 68.7 Å². The van der Waals surface area contributed by atoms with Gasteiger partial charge in [-0.3, -0.25) is 0 Å². The fourth-order valence-corrected chi connectivity index (χ4v) is 2.26. The van der Waals surface area contributed by atoms with Crippen molar-refractivity contribution in [2.75, 3.05) is 0 Å². The molecular weight excluding hydrogens is 267 g/mol. The second kappa shape index (κ2) is 5.31. The van der Waals surface area contributed by atoms with Gasteiger partial charge in [0.25, 0.3) is 0 Å². The molecule has 0 spiro atoms. The third-order valence-corrected chi connectivity index (χ3v) is 3.95. The van der Waals surface area contributed by atoms with E-state index in [1.807, 2.05) is 44.2 Å². The third-order valence-electron chi connectivity index (χ3n) is 3.03. The maximum absolute atomic E-state index is 10.4. The molecule has 18 heavy (non-hydrogen) atoms. The molecule has 3 heteroatoms. The van der Waals surface area contributed by atoms with Crippen LogP contribution in [0.4, 0.5) is 0 Å². The first-order valence-electron chi connectivity index (χ1n) is 5.70. The zero-order valence-corrected chi connectivity index (χ0v) is 11.8. The highest BCUT2D eigenvalue weighted by molar-refractivity contribution is 6.32. The van der Waals surface area contributed by atoms with E-state index in [1.165, 1.54) is 0 Å².